The number of halogens is 1. The number of alkyl halides is 1. The third kappa shape index (κ3) is 1.26. The number of hydrogen-bond acceptors (Lipinski definition) is 3. The minimum Gasteiger partial charge on any atom is -0.468 e. The first-order valence-electron chi connectivity index (χ1n) is 3.21. The lowest BCUT2D eigenvalue weighted by Gasteiger charge is -2.08. The fourth-order valence-corrected chi connectivity index (χ4v) is 1.03. The minimum absolute atomic E-state index is 0.403. The molecule has 0 bridgehead atoms. The summed E-state index contributed by atoms with van der Waals surface area (Å²) < 4.78 is 17.0. The first-order chi connectivity index (χ1) is 4.75. The van der Waals surface area contributed by atoms with Gasteiger partial charge in [0, 0.05) is 0 Å². The van der Waals surface area contributed by atoms with Gasteiger partial charge in [-0.1, -0.05) is 0 Å². The molecule has 1 N–H and O–H groups in total. The van der Waals surface area contributed by atoms with E-state index in [4.69, 9.17) is 0 Å². The van der Waals surface area contributed by atoms with Gasteiger partial charge in [-0.05, 0) is 13.0 Å². The molecule has 0 unspecified atom stereocenters. The zero-order valence-corrected chi connectivity index (χ0v) is 5.76. The van der Waals surface area contributed by atoms with Crippen molar-refractivity contribution in [2.45, 2.75) is 18.6 Å². The number of carbonyl (C=O) groups is 1. The normalized spacial score (nSPS) is 32.2. The van der Waals surface area contributed by atoms with Gasteiger partial charge in [0.05, 0.1) is 7.11 Å². The molecular formula is C6H10FNO2. The number of carbonyl (C=O) groups excluding carboxylic acids is 1. The van der Waals surface area contributed by atoms with Gasteiger partial charge < -0.3 is 10.1 Å². The van der Waals surface area contributed by atoms with Gasteiger partial charge in [0.2, 0.25) is 0 Å². The number of methoxy groups -OCH3 is 1. The summed E-state index contributed by atoms with van der Waals surface area (Å²) in [5, 5.41) is 2.71. The van der Waals surface area contributed by atoms with Crippen LogP contribution in [0.15, 0.2) is 0 Å². The average molecular weight is 147 g/mol. The second-order valence-corrected chi connectivity index (χ2v) is 2.26. The lowest BCUT2D eigenvalue weighted by atomic mass is 10.2. The van der Waals surface area contributed by atoms with Crippen molar-refractivity contribution in [1.82, 2.24) is 5.32 Å². The molecule has 1 fully saturated rings. The summed E-state index contributed by atoms with van der Waals surface area (Å²) >= 11 is 0. The lowest BCUT2D eigenvalue weighted by Crippen LogP contribution is -2.37. The fourth-order valence-electron chi connectivity index (χ4n) is 1.03. The molecule has 58 valence electrons. The Morgan fingerprint density at radius 1 is 1.80 bits per heavy atom. The summed E-state index contributed by atoms with van der Waals surface area (Å²) in [6.07, 6.45) is -0.674. The highest BCUT2D eigenvalue weighted by atomic mass is 19.1. The lowest BCUT2D eigenvalue weighted by molar-refractivity contribution is -0.143. The maximum atomic E-state index is 12.7. The Balaban J connectivity index is 2.46. The van der Waals surface area contributed by atoms with Gasteiger partial charge in [0.25, 0.3) is 0 Å². The first-order valence-corrected chi connectivity index (χ1v) is 3.21. The second kappa shape index (κ2) is 2.96. The van der Waals surface area contributed by atoms with Crippen molar-refractivity contribution in [3.8, 4) is 0 Å². The molecular weight excluding hydrogens is 137 g/mol. The van der Waals surface area contributed by atoms with Crippen LogP contribution in [0.5, 0.6) is 0 Å². The van der Waals surface area contributed by atoms with Gasteiger partial charge in [-0.15, -0.1) is 0 Å². The van der Waals surface area contributed by atoms with E-state index in [-0.39, 0.29) is 0 Å². The standard InChI is InChI=1S/C6H10FNO2/c1-10-6(9)5-4(7)2-3-8-5/h4-5,8H,2-3H2,1H3/t4-,5+/m1/s1. The van der Waals surface area contributed by atoms with E-state index in [0.717, 1.165) is 0 Å². The predicted molar refractivity (Wildman–Crippen MR) is 33.3 cm³/mol. The van der Waals surface area contributed by atoms with Crippen molar-refractivity contribution in [1.29, 1.82) is 0 Å². The average Bonchev–Trinajstić information content (AvgIpc) is 2.34. The highest BCUT2D eigenvalue weighted by Crippen LogP contribution is 2.11. The number of nitrogens with one attached hydrogen (secondary N) is 1. The van der Waals surface area contributed by atoms with E-state index >= 15 is 0 Å². The fraction of sp³-hybridized carbons (Fsp3) is 0.833. The Morgan fingerprint density at radius 3 is 2.90 bits per heavy atom. The molecule has 1 rings (SSSR count). The van der Waals surface area contributed by atoms with E-state index in [1.54, 1.807) is 0 Å². The van der Waals surface area contributed by atoms with Gasteiger partial charge >= 0.3 is 5.97 Å². The van der Waals surface area contributed by atoms with Gasteiger partial charge in [0.15, 0.2) is 0 Å². The SMILES string of the molecule is COC(=O)[C@H]1NCC[C@H]1F. The van der Waals surface area contributed by atoms with Crippen LogP contribution in [0.1, 0.15) is 6.42 Å². The molecule has 1 saturated heterocycles. The third-order valence-electron chi connectivity index (χ3n) is 1.60. The maximum absolute atomic E-state index is 12.7. The minimum atomic E-state index is -1.08. The summed E-state index contributed by atoms with van der Waals surface area (Å²) in [5.41, 5.74) is 0. The summed E-state index contributed by atoms with van der Waals surface area (Å²) in [4.78, 5) is 10.7. The number of rotatable bonds is 1. The second-order valence-electron chi connectivity index (χ2n) is 2.26. The van der Waals surface area contributed by atoms with E-state index in [2.05, 4.69) is 10.1 Å². The molecule has 0 amide bonds. The Morgan fingerprint density at radius 2 is 2.50 bits per heavy atom. The Bertz CT molecular complexity index is 140. The maximum Gasteiger partial charge on any atom is 0.325 e. The van der Waals surface area contributed by atoms with Crippen LogP contribution in [0.4, 0.5) is 4.39 Å². The summed E-state index contributed by atoms with van der Waals surface area (Å²) in [6.45, 7) is 0.556. The van der Waals surface area contributed by atoms with E-state index in [1.807, 2.05) is 0 Å². The van der Waals surface area contributed by atoms with Crippen molar-refractivity contribution in [2.75, 3.05) is 13.7 Å². The first kappa shape index (κ1) is 7.47. The van der Waals surface area contributed by atoms with Crippen molar-refractivity contribution in [3.05, 3.63) is 0 Å². The highest BCUT2D eigenvalue weighted by molar-refractivity contribution is 5.76. The third-order valence-corrected chi connectivity index (χ3v) is 1.60. The number of esters is 1. The van der Waals surface area contributed by atoms with Gasteiger partial charge in [-0.3, -0.25) is 4.79 Å². The molecule has 1 heterocycles. The molecule has 0 aromatic rings. The molecule has 0 aromatic carbocycles. The van der Waals surface area contributed by atoms with E-state index in [0.29, 0.717) is 13.0 Å². The smallest absolute Gasteiger partial charge is 0.325 e. The van der Waals surface area contributed by atoms with Crippen LogP contribution in [-0.2, 0) is 9.53 Å². The quantitative estimate of drug-likeness (QED) is 0.524. The molecule has 1 aliphatic heterocycles. The van der Waals surface area contributed by atoms with Crippen LogP contribution < -0.4 is 5.32 Å². The largest absolute Gasteiger partial charge is 0.468 e. The van der Waals surface area contributed by atoms with Crippen molar-refractivity contribution in [2.24, 2.45) is 0 Å². The van der Waals surface area contributed by atoms with E-state index in [9.17, 15) is 9.18 Å². The molecule has 0 saturated carbocycles. The van der Waals surface area contributed by atoms with E-state index in [1.165, 1.54) is 7.11 Å². The van der Waals surface area contributed by atoms with Crippen LogP contribution in [0.25, 0.3) is 0 Å². The van der Waals surface area contributed by atoms with Crippen LogP contribution >= 0.6 is 0 Å². The zero-order chi connectivity index (χ0) is 7.56. The van der Waals surface area contributed by atoms with Crippen LogP contribution in [0.2, 0.25) is 0 Å². The summed E-state index contributed by atoms with van der Waals surface area (Å²) in [7, 11) is 1.26. The number of ether oxygens (including phenoxy) is 1. The molecule has 0 aliphatic carbocycles. The van der Waals surface area contributed by atoms with Crippen LogP contribution in [0.3, 0.4) is 0 Å². The molecule has 0 aromatic heterocycles. The molecule has 0 radical (unpaired) electrons. The molecule has 3 nitrogen and oxygen atoms in total. The zero-order valence-electron chi connectivity index (χ0n) is 5.76. The van der Waals surface area contributed by atoms with Crippen molar-refractivity contribution >= 4 is 5.97 Å². The monoisotopic (exact) mass is 147 g/mol. The molecule has 2 atom stereocenters. The Labute approximate surface area is 58.5 Å². The van der Waals surface area contributed by atoms with Crippen molar-refractivity contribution < 1.29 is 13.9 Å². The van der Waals surface area contributed by atoms with Gasteiger partial charge in [-0.25, -0.2) is 4.39 Å². The van der Waals surface area contributed by atoms with Crippen LogP contribution in [-0.4, -0.2) is 31.8 Å². The molecule has 10 heavy (non-hydrogen) atoms. The van der Waals surface area contributed by atoms with Gasteiger partial charge in [-0.2, -0.15) is 0 Å². The molecule has 4 heteroatoms. The van der Waals surface area contributed by atoms with E-state index < -0.39 is 18.2 Å². The Hall–Kier alpha value is -0.640. The number of hydrogen-bond donors (Lipinski definition) is 1. The van der Waals surface area contributed by atoms with Gasteiger partial charge in [0.1, 0.15) is 12.2 Å². The topological polar surface area (TPSA) is 38.3 Å². The van der Waals surface area contributed by atoms with Crippen molar-refractivity contribution in [3.63, 3.8) is 0 Å². The molecule has 0 spiro atoms. The summed E-state index contributed by atoms with van der Waals surface area (Å²) in [5.74, 6) is -0.509. The predicted octanol–water partition coefficient (Wildman–Crippen LogP) is -0.141. The Kier molecular flexibility index (Phi) is 2.21. The summed E-state index contributed by atoms with van der Waals surface area (Å²) in [6, 6.07) is -0.731. The molecule has 1 aliphatic rings. The van der Waals surface area contributed by atoms with Crippen LogP contribution in [0, 0.1) is 0 Å². The highest BCUT2D eigenvalue weighted by Gasteiger charge is 2.33.